The number of hydrogen-bond acceptors (Lipinski definition) is 1. The van der Waals surface area contributed by atoms with E-state index in [1.165, 1.54) is 19.5 Å². The van der Waals surface area contributed by atoms with Gasteiger partial charge in [0.2, 0.25) is 0 Å². The van der Waals surface area contributed by atoms with Crippen LogP contribution < -0.4 is 0 Å². The number of fused-ring (bicyclic) bond motifs is 1. The third kappa shape index (κ3) is 6.96. The Morgan fingerprint density at radius 1 is 1.03 bits per heavy atom. The predicted octanol–water partition coefficient (Wildman–Crippen LogP) is 8.16. The molecule has 1 aliphatic heterocycles. The molecule has 180 valence electrons. The van der Waals surface area contributed by atoms with Crippen LogP contribution in [0.2, 0.25) is 18.6 Å². The molecule has 31 heavy (non-hydrogen) atoms. The van der Waals surface area contributed by atoms with Crippen LogP contribution in [0.1, 0.15) is 48.0 Å². The molecule has 1 heterocycles. The summed E-state index contributed by atoms with van der Waals surface area (Å²) in [6.07, 6.45) is 6.73. The predicted molar refractivity (Wildman–Crippen MR) is 140 cm³/mol. The van der Waals surface area contributed by atoms with Crippen molar-refractivity contribution in [2.24, 2.45) is 35.5 Å². The van der Waals surface area contributed by atoms with Crippen LogP contribution in [0.3, 0.4) is 0 Å². The summed E-state index contributed by atoms with van der Waals surface area (Å²) >= 11 is -0.556. The van der Waals surface area contributed by atoms with Gasteiger partial charge in [0, 0.05) is 0 Å². The Bertz CT molecular complexity index is 613. The molecule has 2 fully saturated rings. The Kier molecular flexibility index (Phi) is 12.7. The Morgan fingerprint density at radius 3 is 2.03 bits per heavy atom. The molecule has 0 spiro atoms. The summed E-state index contributed by atoms with van der Waals surface area (Å²) in [6.45, 7) is 24.4. The minimum atomic E-state index is -1.53. The van der Waals surface area contributed by atoms with Crippen LogP contribution in [0.25, 0.3) is 5.32 Å². The molecular weight excluding hydrogens is 475 g/mol. The first kappa shape index (κ1) is 29.9. The molecule has 1 saturated heterocycles. The molecule has 6 heteroatoms. The maximum atomic E-state index is 4.89. The molecule has 3 aliphatic rings. The van der Waals surface area contributed by atoms with E-state index in [0.717, 1.165) is 42.3 Å². The Balaban J connectivity index is 0.00000113. The summed E-state index contributed by atoms with van der Waals surface area (Å²) in [4.78, 5) is 0. The molecular formula is C25H46Cl2N2SiTi-2. The van der Waals surface area contributed by atoms with Crippen LogP contribution in [0.5, 0.6) is 0 Å². The van der Waals surface area contributed by atoms with Crippen LogP contribution in [0, 0.1) is 42.9 Å². The normalized spacial score (nSPS) is 29.1. The molecule has 0 bridgehead atoms. The first-order valence-corrected chi connectivity index (χ1v) is 19.2. The first-order chi connectivity index (χ1) is 14.1. The van der Waals surface area contributed by atoms with Crippen molar-refractivity contribution < 1.29 is 17.0 Å². The van der Waals surface area contributed by atoms with Gasteiger partial charge in [-0.2, -0.15) is 0 Å². The van der Waals surface area contributed by atoms with Gasteiger partial charge in [-0.3, -0.25) is 0 Å². The van der Waals surface area contributed by atoms with Crippen molar-refractivity contribution in [2.75, 3.05) is 26.2 Å². The molecule has 0 N–H and O–H groups in total. The van der Waals surface area contributed by atoms with Crippen molar-refractivity contribution in [3.8, 4) is 0 Å². The molecule has 4 unspecified atom stereocenters. The Morgan fingerprint density at radius 2 is 1.58 bits per heavy atom. The van der Waals surface area contributed by atoms with Gasteiger partial charge in [-0.05, 0) is 66.1 Å². The SMILES string of the molecule is CC(C)C1=CC2C(CC(C(C)C)C2[Si](C)(C)N2CC[N-]CC2)C(C(C)C)=C1.[CH3-].[Cl][Ti][Cl]. The molecule has 0 radical (unpaired) electrons. The number of allylic oxidation sites excluding steroid dienone is 4. The average molecular weight is 522 g/mol. The molecule has 4 atom stereocenters. The van der Waals surface area contributed by atoms with Crippen molar-refractivity contribution >= 4 is 26.8 Å². The van der Waals surface area contributed by atoms with Gasteiger partial charge < -0.3 is 17.3 Å². The molecule has 1 saturated carbocycles. The summed E-state index contributed by atoms with van der Waals surface area (Å²) < 4.78 is 2.90. The van der Waals surface area contributed by atoms with Gasteiger partial charge in [0.15, 0.2) is 0 Å². The van der Waals surface area contributed by atoms with Crippen LogP contribution >= 0.6 is 18.6 Å². The topological polar surface area (TPSA) is 17.3 Å². The molecule has 2 nitrogen and oxygen atoms in total. The zero-order chi connectivity index (χ0) is 22.6. The molecule has 0 amide bonds. The summed E-state index contributed by atoms with van der Waals surface area (Å²) in [5.74, 6) is 4.50. The van der Waals surface area contributed by atoms with E-state index < -0.39 is 25.3 Å². The molecule has 0 aromatic rings. The molecule has 0 aromatic heterocycles. The standard InChI is InChI=1S/C24H43N2Si.CH3.2ClH.Ti/c1-16(2)19-13-20(17(3)4)22-15-21(18(5)6)24(23(22)14-19)27(7,8)26-11-9-25-10-12-26;;;;/h13-14,16-18,21-24H,9-12,15H2,1-8H3;1H3;2*1H;/q2*-1;;;+2/p-2. The number of nitrogens with zero attached hydrogens (tertiary/aromatic N) is 2. The van der Waals surface area contributed by atoms with Crippen LogP contribution in [0.4, 0.5) is 0 Å². The van der Waals surface area contributed by atoms with Crippen molar-refractivity contribution in [1.29, 1.82) is 0 Å². The third-order valence-electron chi connectivity index (χ3n) is 7.89. The van der Waals surface area contributed by atoms with Crippen molar-refractivity contribution in [3.05, 3.63) is 36.0 Å². The van der Waals surface area contributed by atoms with Crippen molar-refractivity contribution in [1.82, 2.24) is 4.57 Å². The fourth-order valence-electron chi connectivity index (χ4n) is 6.31. The molecule has 0 aromatic carbocycles. The fraction of sp³-hybridized carbons (Fsp3) is 0.800. The summed E-state index contributed by atoms with van der Waals surface area (Å²) in [6, 6.07) is 0. The number of rotatable bonds is 5. The van der Waals surface area contributed by atoms with Gasteiger partial charge in [0.05, 0.1) is 0 Å². The first-order valence-electron chi connectivity index (χ1n) is 11.8. The second kappa shape index (κ2) is 13.1. The van der Waals surface area contributed by atoms with E-state index in [1.807, 2.05) is 0 Å². The van der Waals surface area contributed by atoms with E-state index in [9.17, 15) is 0 Å². The second-order valence-electron chi connectivity index (χ2n) is 10.9. The maximum absolute atomic E-state index is 4.89. The Hall–Kier alpha value is 0.911. The number of piperazine rings is 1. The van der Waals surface area contributed by atoms with Gasteiger partial charge in [-0.1, -0.05) is 72.4 Å². The van der Waals surface area contributed by atoms with Crippen LogP contribution in [-0.4, -0.2) is 39.0 Å². The zero-order valence-corrected chi connectivity index (χ0v) is 25.5. The summed E-state index contributed by atoms with van der Waals surface area (Å²) in [5, 5.41) is 4.63. The summed E-state index contributed by atoms with van der Waals surface area (Å²) in [5.41, 5.74) is 4.22. The van der Waals surface area contributed by atoms with Crippen LogP contribution in [-0.2, 0) is 17.0 Å². The zero-order valence-electron chi connectivity index (χ0n) is 21.4. The van der Waals surface area contributed by atoms with E-state index in [1.54, 1.807) is 11.1 Å². The van der Waals surface area contributed by atoms with Gasteiger partial charge in [-0.15, -0.1) is 13.1 Å². The van der Waals surface area contributed by atoms with Gasteiger partial charge >= 0.3 is 35.6 Å². The van der Waals surface area contributed by atoms with E-state index in [-0.39, 0.29) is 7.43 Å². The fourth-order valence-corrected chi connectivity index (χ4v) is 10.9. The Labute approximate surface area is 211 Å². The number of halogens is 2. The van der Waals surface area contributed by atoms with E-state index >= 15 is 0 Å². The second-order valence-corrected chi connectivity index (χ2v) is 18.0. The van der Waals surface area contributed by atoms with Crippen LogP contribution in [0.15, 0.2) is 23.3 Å². The quantitative estimate of drug-likeness (QED) is 0.264. The van der Waals surface area contributed by atoms with E-state index in [2.05, 4.69) is 76.7 Å². The summed E-state index contributed by atoms with van der Waals surface area (Å²) in [7, 11) is 8.25. The van der Waals surface area contributed by atoms with Gasteiger partial charge in [0.1, 0.15) is 8.24 Å². The van der Waals surface area contributed by atoms with Crippen molar-refractivity contribution in [2.45, 2.75) is 66.6 Å². The van der Waals surface area contributed by atoms with Gasteiger partial charge in [-0.25, -0.2) is 0 Å². The monoisotopic (exact) mass is 520 g/mol. The molecule has 2 aliphatic carbocycles. The third-order valence-corrected chi connectivity index (χ3v) is 12.4. The number of hydrogen-bond donors (Lipinski definition) is 0. The molecule has 3 rings (SSSR count). The van der Waals surface area contributed by atoms with E-state index in [0.29, 0.717) is 11.8 Å². The van der Waals surface area contributed by atoms with Gasteiger partial charge in [0.25, 0.3) is 0 Å². The minimum absolute atomic E-state index is 0. The van der Waals surface area contributed by atoms with E-state index in [4.69, 9.17) is 18.6 Å². The van der Waals surface area contributed by atoms with Crippen molar-refractivity contribution in [3.63, 3.8) is 0 Å². The average Bonchev–Trinajstić information content (AvgIpc) is 3.09.